The number of aliphatic hydroxyl groups is 2. The Morgan fingerprint density at radius 3 is 2.80 bits per heavy atom. The van der Waals surface area contributed by atoms with E-state index in [9.17, 15) is 10.2 Å². The molecule has 0 aromatic carbocycles. The number of thiol groups is 1. The van der Waals surface area contributed by atoms with Gasteiger partial charge >= 0.3 is 0 Å². The first-order chi connectivity index (χ1) is 7.19. The van der Waals surface area contributed by atoms with Crippen molar-refractivity contribution in [3.8, 4) is 5.88 Å². The molecule has 0 aliphatic heterocycles. The molecule has 0 fully saturated rings. The summed E-state index contributed by atoms with van der Waals surface area (Å²) in [4.78, 5) is 4.04. The van der Waals surface area contributed by atoms with Crippen molar-refractivity contribution in [2.75, 3.05) is 12.9 Å². The third kappa shape index (κ3) is 3.37. The van der Waals surface area contributed by atoms with E-state index in [1.165, 1.54) is 7.11 Å². The number of hydrogen-bond acceptors (Lipinski definition) is 5. The Balaban J connectivity index is 2.76. The minimum Gasteiger partial charge on any atom is -0.481 e. The summed E-state index contributed by atoms with van der Waals surface area (Å²) in [5.74, 6) is 0.937. The number of ether oxygens (including phenoxy) is 1. The lowest BCUT2D eigenvalue weighted by Crippen LogP contribution is -2.19. The van der Waals surface area contributed by atoms with Crippen LogP contribution in [0.2, 0.25) is 0 Å². The third-order valence-corrected chi connectivity index (χ3v) is 2.30. The molecule has 84 valence electrons. The predicted octanol–water partition coefficient (Wildman–Crippen LogP) is 0.804. The molecule has 4 nitrogen and oxygen atoms in total. The quantitative estimate of drug-likeness (QED) is 0.654. The van der Waals surface area contributed by atoms with Crippen molar-refractivity contribution in [1.29, 1.82) is 0 Å². The molecule has 0 saturated carbocycles. The lowest BCUT2D eigenvalue weighted by molar-refractivity contribution is 0.0144. The number of pyridine rings is 1. The summed E-state index contributed by atoms with van der Waals surface area (Å²) in [6, 6.07) is 5.05. The summed E-state index contributed by atoms with van der Waals surface area (Å²) in [7, 11) is 1.50. The van der Waals surface area contributed by atoms with Gasteiger partial charge in [0.2, 0.25) is 5.88 Å². The molecule has 0 saturated heterocycles. The second-order valence-electron chi connectivity index (χ2n) is 3.13. The first-order valence-electron chi connectivity index (χ1n) is 4.67. The smallest absolute Gasteiger partial charge is 0.213 e. The molecule has 2 atom stereocenters. The van der Waals surface area contributed by atoms with Gasteiger partial charge in [-0.1, -0.05) is 6.07 Å². The Hall–Kier alpha value is -0.780. The number of methoxy groups -OCH3 is 1. The molecule has 2 unspecified atom stereocenters. The maximum atomic E-state index is 9.74. The van der Waals surface area contributed by atoms with Crippen LogP contribution in [0.25, 0.3) is 0 Å². The highest BCUT2D eigenvalue weighted by Crippen LogP contribution is 2.19. The van der Waals surface area contributed by atoms with E-state index in [1.54, 1.807) is 18.2 Å². The van der Waals surface area contributed by atoms with Crippen LogP contribution >= 0.6 is 12.6 Å². The molecule has 2 N–H and O–H groups in total. The van der Waals surface area contributed by atoms with Crippen LogP contribution in [0.4, 0.5) is 0 Å². The fourth-order valence-corrected chi connectivity index (χ4v) is 1.46. The molecule has 0 spiro atoms. The summed E-state index contributed by atoms with van der Waals surface area (Å²) in [5, 5.41) is 19.3. The van der Waals surface area contributed by atoms with E-state index in [2.05, 4.69) is 17.6 Å². The van der Waals surface area contributed by atoms with Crippen LogP contribution < -0.4 is 4.74 Å². The second-order valence-corrected chi connectivity index (χ2v) is 3.58. The second kappa shape index (κ2) is 5.95. The monoisotopic (exact) mass is 229 g/mol. The van der Waals surface area contributed by atoms with E-state index in [0.29, 0.717) is 23.7 Å². The van der Waals surface area contributed by atoms with Crippen LogP contribution in [0, 0.1) is 0 Å². The van der Waals surface area contributed by atoms with Gasteiger partial charge in [-0.3, -0.25) is 0 Å². The number of aliphatic hydroxyl groups excluding tert-OH is 2. The lowest BCUT2D eigenvalue weighted by Gasteiger charge is -2.16. The number of nitrogens with zero attached hydrogens (tertiary/aromatic N) is 1. The largest absolute Gasteiger partial charge is 0.481 e. The zero-order valence-corrected chi connectivity index (χ0v) is 9.39. The molecule has 0 bridgehead atoms. The molecule has 1 heterocycles. The highest BCUT2D eigenvalue weighted by molar-refractivity contribution is 7.80. The first-order valence-corrected chi connectivity index (χ1v) is 5.30. The van der Waals surface area contributed by atoms with E-state index in [4.69, 9.17) is 4.74 Å². The zero-order valence-electron chi connectivity index (χ0n) is 8.50. The highest BCUT2D eigenvalue weighted by atomic mass is 32.1. The predicted molar refractivity (Wildman–Crippen MR) is 60.2 cm³/mol. The van der Waals surface area contributed by atoms with Gasteiger partial charge in [-0.15, -0.1) is 0 Å². The summed E-state index contributed by atoms with van der Waals surface area (Å²) in [6.45, 7) is 0. The number of aromatic nitrogens is 1. The molecule has 1 aromatic rings. The SMILES string of the molecule is COc1cccc(C(O)C(O)CCS)n1. The van der Waals surface area contributed by atoms with Crippen molar-refractivity contribution >= 4 is 12.6 Å². The Morgan fingerprint density at radius 2 is 2.20 bits per heavy atom. The summed E-state index contributed by atoms with van der Waals surface area (Å²) in [5.41, 5.74) is 0.406. The van der Waals surface area contributed by atoms with Gasteiger partial charge in [0.1, 0.15) is 6.10 Å². The van der Waals surface area contributed by atoms with Gasteiger partial charge in [0.25, 0.3) is 0 Å². The third-order valence-electron chi connectivity index (χ3n) is 2.05. The van der Waals surface area contributed by atoms with E-state index in [1.807, 2.05) is 0 Å². The van der Waals surface area contributed by atoms with Crippen molar-refractivity contribution in [1.82, 2.24) is 4.98 Å². The van der Waals surface area contributed by atoms with Gasteiger partial charge in [-0.2, -0.15) is 12.6 Å². The fraction of sp³-hybridized carbons (Fsp3) is 0.500. The molecule has 15 heavy (non-hydrogen) atoms. The van der Waals surface area contributed by atoms with Crippen molar-refractivity contribution < 1.29 is 14.9 Å². The van der Waals surface area contributed by atoms with Crippen LogP contribution in [0.1, 0.15) is 18.2 Å². The zero-order chi connectivity index (χ0) is 11.3. The van der Waals surface area contributed by atoms with Crippen LogP contribution in [0.15, 0.2) is 18.2 Å². The molecule has 1 rings (SSSR count). The van der Waals surface area contributed by atoms with Gasteiger partial charge in [0, 0.05) is 6.07 Å². The summed E-state index contributed by atoms with van der Waals surface area (Å²) in [6.07, 6.45) is -1.42. The Morgan fingerprint density at radius 1 is 1.47 bits per heavy atom. The van der Waals surface area contributed by atoms with Crippen molar-refractivity contribution in [3.63, 3.8) is 0 Å². The van der Waals surface area contributed by atoms with Gasteiger partial charge in [0.05, 0.1) is 18.9 Å². The Labute approximate surface area is 94.3 Å². The molecule has 0 radical (unpaired) electrons. The maximum Gasteiger partial charge on any atom is 0.213 e. The minimum atomic E-state index is -0.993. The Bertz CT molecular complexity index is 308. The lowest BCUT2D eigenvalue weighted by atomic mass is 10.1. The molecule has 0 aliphatic carbocycles. The molecular formula is C10H15NO3S. The normalized spacial score (nSPS) is 14.7. The molecule has 5 heteroatoms. The summed E-state index contributed by atoms with van der Waals surface area (Å²) < 4.78 is 4.93. The Kier molecular flexibility index (Phi) is 4.87. The first kappa shape index (κ1) is 12.3. The van der Waals surface area contributed by atoms with Crippen molar-refractivity contribution in [2.45, 2.75) is 18.6 Å². The van der Waals surface area contributed by atoms with Crippen molar-refractivity contribution in [2.24, 2.45) is 0 Å². The average Bonchev–Trinajstić information content (AvgIpc) is 2.28. The maximum absolute atomic E-state index is 9.74. The van der Waals surface area contributed by atoms with Gasteiger partial charge < -0.3 is 14.9 Å². The van der Waals surface area contributed by atoms with E-state index in [0.717, 1.165) is 0 Å². The average molecular weight is 229 g/mol. The molecule has 0 aliphatic rings. The fourth-order valence-electron chi connectivity index (χ4n) is 1.20. The molecule has 0 amide bonds. The van der Waals surface area contributed by atoms with Crippen LogP contribution in [-0.2, 0) is 0 Å². The van der Waals surface area contributed by atoms with Crippen LogP contribution in [-0.4, -0.2) is 34.2 Å². The van der Waals surface area contributed by atoms with E-state index < -0.39 is 12.2 Å². The minimum absolute atomic E-state index is 0.406. The molecular weight excluding hydrogens is 214 g/mol. The number of rotatable bonds is 5. The van der Waals surface area contributed by atoms with Gasteiger partial charge in [-0.25, -0.2) is 4.98 Å². The van der Waals surface area contributed by atoms with E-state index in [-0.39, 0.29) is 0 Å². The topological polar surface area (TPSA) is 62.6 Å². The standard InChI is InChI=1S/C10H15NO3S/c1-14-9-4-2-3-7(11-9)10(13)8(12)5-6-15/h2-4,8,10,12-13,15H,5-6H2,1H3. The van der Waals surface area contributed by atoms with Crippen LogP contribution in [0.5, 0.6) is 5.88 Å². The highest BCUT2D eigenvalue weighted by Gasteiger charge is 2.19. The summed E-state index contributed by atoms with van der Waals surface area (Å²) >= 11 is 3.99. The van der Waals surface area contributed by atoms with Crippen LogP contribution in [0.3, 0.4) is 0 Å². The van der Waals surface area contributed by atoms with Gasteiger partial charge in [0.15, 0.2) is 0 Å². The number of hydrogen-bond donors (Lipinski definition) is 3. The van der Waals surface area contributed by atoms with Gasteiger partial charge in [-0.05, 0) is 18.2 Å². The van der Waals surface area contributed by atoms with Crippen molar-refractivity contribution in [3.05, 3.63) is 23.9 Å². The van der Waals surface area contributed by atoms with E-state index >= 15 is 0 Å². The molecule has 1 aromatic heterocycles.